The smallest absolute Gasteiger partial charge is 0.317 e. The summed E-state index contributed by atoms with van der Waals surface area (Å²) in [6.45, 7) is 4.29. The summed E-state index contributed by atoms with van der Waals surface area (Å²) >= 11 is 0. The molecule has 0 saturated carbocycles. The van der Waals surface area contributed by atoms with Crippen LogP contribution in [0.4, 0.5) is 10.6 Å². The number of amides is 2. The van der Waals surface area contributed by atoms with E-state index in [0.29, 0.717) is 13.1 Å². The van der Waals surface area contributed by atoms with Crippen molar-refractivity contribution in [2.24, 2.45) is 0 Å². The average molecular weight is 363 g/mol. The molecule has 5 rings (SSSR count). The van der Waals surface area contributed by atoms with Crippen LogP contribution >= 0.6 is 0 Å². The molecule has 138 valence electrons. The fraction of sp³-hybridized carbons (Fsp3) is 0.316. The number of nitrogens with one attached hydrogen (secondary N) is 4. The standard InChI is InChI=1S/C19H21N7O/c27-19-22-6-8-26(19)7-5-21-17-14-9-20-11-16(14)24-18(25-17)13-10-23-15-4-2-1-3-12(13)15/h1-4,10,20,23H,5-9,11H2,(H,22,27)(H,21,24,25). The summed E-state index contributed by atoms with van der Waals surface area (Å²) in [5.41, 5.74) is 4.22. The lowest BCUT2D eigenvalue weighted by molar-refractivity contribution is 0.219. The molecule has 4 heterocycles. The quantitative estimate of drug-likeness (QED) is 0.553. The van der Waals surface area contributed by atoms with Crippen LogP contribution in [0.1, 0.15) is 11.3 Å². The van der Waals surface area contributed by atoms with Crippen molar-refractivity contribution in [3.05, 3.63) is 41.7 Å². The number of fused-ring (bicyclic) bond motifs is 2. The predicted octanol–water partition coefficient (Wildman–Crippen LogP) is 1.67. The maximum atomic E-state index is 11.7. The van der Waals surface area contributed by atoms with E-state index in [1.807, 2.05) is 29.3 Å². The second kappa shape index (κ2) is 6.55. The molecule has 0 spiro atoms. The van der Waals surface area contributed by atoms with Crippen LogP contribution in [0, 0.1) is 0 Å². The van der Waals surface area contributed by atoms with Crippen LogP contribution in [-0.2, 0) is 13.1 Å². The fourth-order valence-corrected chi connectivity index (χ4v) is 3.73. The average Bonchev–Trinajstić information content (AvgIpc) is 3.41. The van der Waals surface area contributed by atoms with Gasteiger partial charge in [0.25, 0.3) is 0 Å². The van der Waals surface area contributed by atoms with Gasteiger partial charge in [-0.2, -0.15) is 0 Å². The zero-order valence-electron chi connectivity index (χ0n) is 14.9. The van der Waals surface area contributed by atoms with Gasteiger partial charge in [-0.1, -0.05) is 18.2 Å². The highest BCUT2D eigenvalue weighted by atomic mass is 16.2. The number of carbonyl (C=O) groups is 1. The van der Waals surface area contributed by atoms with Gasteiger partial charge in [0.05, 0.1) is 5.69 Å². The number of hydrogen-bond donors (Lipinski definition) is 4. The van der Waals surface area contributed by atoms with Crippen molar-refractivity contribution in [3.8, 4) is 11.4 Å². The number of carbonyl (C=O) groups excluding carboxylic acids is 1. The molecule has 0 unspecified atom stereocenters. The summed E-state index contributed by atoms with van der Waals surface area (Å²) in [6.07, 6.45) is 1.97. The van der Waals surface area contributed by atoms with Gasteiger partial charge < -0.3 is 25.8 Å². The molecule has 0 bridgehead atoms. The predicted molar refractivity (Wildman–Crippen MR) is 103 cm³/mol. The molecular weight excluding hydrogens is 342 g/mol. The number of urea groups is 1. The van der Waals surface area contributed by atoms with Crippen LogP contribution in [0.5, 0.6) is 0 Å². The number of nitrogens with zero attached hydrogens (tertiary/aromatic N) is 3. The van der Waals surface area contributed by atoms with Crippen molar-refractivity contribution in [1.29, 1.82) is 0 Å². The first-order chi connectivity index (χ1) is 13.3. The highest BCUT2D eigenvalue weighted by Gasteiger charge is 2.22. The minimum Gasteiger partial charge on any atom is -0.368 e. The summed E-state index contributed by atoms with van der Waals surface area (Å²) in [6, 6.07) is 8.17. The maximum absolute atomic E-state index is 11.7. The van der Waals surface area contributed by atoms with Gasteiger partial charge in [-0.15, -0.1) is 0 Å². The van der Waals surface area contributed by atoms with Crippen molar-refractivity contribution in [1.82, 2.24) is 30.5 Å². The molecule has 0 atom stereocenters. The number of aromatic amines is 1. The summed E-state index contributed by atoms with van der Waals surface area (Å²) in [5, 5.41) is 10.7. The second-order valence-electron chi connectivity index (χ2n) is 6.82. The van der Waals surface area contributed by atoms with E-state index in [1.54, 1.807) is 0 Å². The van der Waals surface area contributed by atoms with Crippen molar-refractivity contribution in [3.63, 3.8) is 0 Å². The number of para-hydroxylation sites is 1. The summed E-state index contributed by atoms with van der Waals surface area (Å²) < 4.78 is 0. The van der Waals surface area contributed by atoms with Crippen molar-refractivity contribution in [2.75, 3.05) is 31.5 Å². The normalized spacial score (nSPS) is 16.0. The van der Waals surface area contributed by atoms with Gasteiger partial charge in [0, 0.05) is 67.5 Å². The van der Waals surface area contributed by atoms with E-state index < -0.39 is 0 Å². The molecule has 1 fully saturated rings. The molecule has 27 heavy (non-hydrogen) atoms. The zero-order valence-corrected chi connectivity index (χ0v) is 14.9. The summed E-state index contributed by atoms with van der Waals surface area (Å²) in [4.78, 5) is 26.4. The van der Waals surface area contributed by atoms with Crippen LogP contribution in [0.2, 0.25) is 0 Å². The Kier molecular flexibility index (Phi) is 3.90. The van der Waals surface area contributed by atoms with E-state index in [-0.39, 0.29) is 6.03 Å². The van der Waals surface area contributed by atoms with Crippen LogP contribution in [-0.4, -0.2) is 52.1 Å². The third-order valence-corrected chi connectivity index (χ3v) is 5.14. The third kappa shape index (κ3) is 2.87. The van der Waals surface area contributed by atoms with Gasteiger partial charge in [-0.3, -0.25) is 0 Å². The van der Waals surface area contributed by atoms with Gasteiger partial charge in [0.1, 0.15) is 5.82 Å². The largest absolute Gasteiger partial charge is 0.368 e. The molecule has 3 aromatic rings. The van der Waals surface area contributed by atoms with Crippen LogP contribution in [0.25, 0.3) is 22.3 Å². The van der Waals surface area contributed by atoms with Gasteiger partial charge in [0.2, 0.25) is 0 Å². The number of anilines is 1. The van der Waals surface area contributed by atoms with Gasteiger partial charge in [0.15, 0.2) is 5.82 Å². The Hall–Kier alpha value is -3.13. The molecule has 1 saturated heterocycles. The molecule has 8 heteroatoms. The first kappa shape index (κ1) is 16.1. The molecular formula is C19H21N7O. The number of rotatable bonds is 5. The van der Waals surface area contributed by atoms with Crippen LogP contribution in [0.15, 0.2) is 30.5 Å². The monoisotopic (exact) mass is 363 g/mol. The number of aromatic nitrogens is 3. The van der Waals surface area contributed by atoms with E-state index in [4.69, 9.17) is 9.97 Å². The highest BCUT2D eigenvalue weighted by molar-refractivity contribution is 5.93. The van der Waals surface area contributed by atoms with Crippen molar-refractivity contribution < 1.29 is 4.79 Å². The Labute approximate surface area is 156 Å². The van der Waals surface area contributed by atoms with E-state index >= 15 is 0 Å². The molecule has 0 radical (unpaired) electrons. The molecule has 8 nitrogen and oxygen atoms in total. The Morgan fingerprint density at radius 1 is 1.19 bits per heavy atom. The van der Waals surface area contributed by atoms with Crippen LogP contribution < -0.4 is 16.0 Å². The van der Waals surface area contributed by atoms with E-state index in [0.717, 1.165) is 65.5 Å². The van der Waals surface area contributed by atoms with Gasteiger partial charge in [-0.25, -0.2) is 14.8 Å². The Balaban J connectivity index is 1.44. The lowest BCUT2D eigenvalue weighted by Crippen LogP contribution is -2.32. The van der Waals surface area contributed by atoms with Gasteiger partial charge >= 0.3 is 6.03 Å². The van der Waals surface area contributed by atoms with E-state index in [2.05, 4.69) is 27.0 Å². The lowest BCUT2D eigenvalue weighted by atomic mass is 10.1. The lowest BCUT2D eigenvalue weighted by Gasteiger charge is -2.16. The SMILES string of the molecule is O=C1NCCN1CCNc1nc(-c2c[nH]c3ccccc23)nc2c1CNC2. The van der Waals surface area contributed by atoms with Gasteiger partial charge in [-0.05, 0) is 6.07 Å². The molecule has 4 N–H and O–H groups in total. The maximum Gasteiger partial charge on any atom is 0.317 e. The topological polar surface area (TPSA) is 98.0 Å². The molecule has 1 aromatic carbocycles. The molecule has 2 aliphatic rings. The molecule has 0 aliphatic carbocycles. The summed E-state index contributed by atoms with van der Waals surface area (Å²) in [5.74, 6) is 1.57. The Morgan fingerprint density at radius 3 is 3.00 bits per heavy atom. The first-order valence-electron chi connectivity index (χ1n) is 9.23. The third-order valence-electron chi connectivity index (χ3n) is 5.14. The number of hydrogen-bond acceptors (Lipinski definition) is 5. The Morgan fingerprint density at radius 2 is 2.11 bits per heavy atom. The summed E-state index contributed by atoms with van der Waals surface area (Å²) in [7, 11) is 0. The minimum atomic E-state index is 0.00543. The highest BCUT2D eigenvalue weighted by Crippen LogP contribution is 2.30. The molecule has 2 amide bonds. The molecule has 2 aliphatic heterocycles. The number of H-pyrrole nitrogens is 1. The van der Waals surface area contributed by atoms with Crippen molar-refractivity contribution in [2.45, 2.75) is 13.1 Å². The second-order valence-corrected chi connectivity index (χ2v) is 6.82. The van der Waals surface area contributed by atoms with Crippen LogP contribution in [0.3, 0.4) is 0 Å². The zero-order chi connectivity index (χ0) is 18.2. The van der Waals surface area contributed by atoms with E-state index in [9.17, 15) is 4.79 Å². The minimum absolute atomic E-state index is 0.00543. The fourth-order valence-electron chi connectivity index (χ4n) is 3.73. The van der Waals surface area contributed by atoms with E-state index in [1.165, 1.54) is 0 Å². The number of benzene rings is 1. The molecule has 2 aromatic heterocycles. The van der Waals surface area contributed by atoms with Crippen molar-refractivity contribution >= 4 is 22.8 Å². The Bertz CT molecular complexity index is 1010. The first-order valence-corrected chi connectivity index (χ1v) is 9.23.